The highest BCUT2D eigenvalue weighted by molar-refractivity contribution is 7.89. The lowest BCUT2D eigenvalue weighted by Crippen LogP contribution is -2.26. The number of rotatable bonds is 3. The van der Waals surface area contributed by atoms with Crippen molar-refractivity contribution < 1.29 is 18.1 Å². The Kier molecular flexibility index (Phi) is 3.86. The quantitative estimate of drug-likeness (QED) is 0.840. The van der Waals surface area contributed by atoms with Gasteiger partial charge < -0.3 is 5.11 Å². The number of hydrogen-bond donors (Lipinski definition) is 2. The molecule has 0 spiro atoms. The van der Waals surface area contributed by atoms with Gasteiger partial charge in [0.25, 0.3) is 10.1 Å². The van der Waals surface area contributed by atoms with Crippen molar-refractivity contribution in [2.45, 2.75) is 31.8 Å². The second-order valence-electron chi connectivity index (χ2n) is 5.42. The maximum Gasteiger partial charge on any atom is 0.293 e. The average Bonchev–Trinajstić information content (AvgIpc) is 2.38. The molecule has 1 unspecified atom stereocenters. The van der Waals surface area contributed by atoms with E-state index in [-0.39, 0.29) is 11.3 Å². The highest BCUT2D eigenvalue weighted by Crippen LogP contribution is 2.36. The Bertz CT molecular complexity index is 654. The van der Waals surface area contributed by atoms with Crippen molar-refractivity contribution >= 4 is 10.1 Å². The smallest absolute Gasteiger partial charge is 0.293 e. The molecule has 1 atom stereocenters. The molecule has 0 fully saturated rings. The number of benzene rings is 1. The molecule has 2 rings (SSSR count). The summed E-state index contributed by atoms with van der Waals surface area (Å²) >= 11 is 0. The average molecular weight is 294 g/mol. The van der Waals surface area contributed by atoms with Gasteiger partial charge in [-0.25, -0.2) is 0 Å². The molecule has 0 aromatic heterocycles. The Hall–Kier alpha value is -1.43. The van der Waals surface area contributed by atoms with Gasteiger partial charge in [0.1, 0.15) is 4.91 Å². The van der Waals surface area contributed by atoms with Gasteiger partial charge in [-0.15, -0.1) is 0 Å². The van der Waals surface area contributed by atoms with E-state index in [0.29, 0.717) is 0 Å². The molecule has 1 aliphatic carbocycles. The van der Waals surface area contributed by atoms with Crippen LogP contribution in [0.2, 0.25) is 0 Å². The first-order chi connectivity index (χ1) is 9.23. The largest absolute Gasteiger partial charge is 0.387 e. The van der Waals surface area contributed by atoms with Crippen molar-refractivity contribution in [2.75, 3.05) is 0 Å². The van der Waals surface area contributed by atoms with Gasteiger partial charge in [-0.05, 0) is 23.6 Å². The summed E-state index contributed by atoms with van der Waals surface area (Å²) in [6.07, 6.45) is 2.18. The van der Waals surface area contributed by atoms with Gasteiger partial charge in [-0.2, -0.15) is 8.42 Å². The molecule has 0 heterocycles. The molecule has 5 heteroatoms. The summed E-state index contributed by atoms with van der Waals surface area (Å²) in [6.45, 7) is 3.95. The van der Waals surface area contributed by atoms with Crippen LogP contribution < -0.4 is 0 Å². The summed E-state index contributed by atoms with van der Waals surface area (Å²) in [4.78, 5) is -0.334. The topological polar surface area (TPSA) is 74.6 Å². The normalized spacial score (nSPS) is 20.3. The van der Waals surface area contributed by atoms with Crippen LogP contribution >= 0.6 is 0 Å². The third-order valence-electron chi connectivity index (χ3n) is 3.70. The van der Waals surface area contributed by atoms with Crippen LogP contribution in [0.1, 0.15) is 25.8 Å². The fraction of sp³-hybridized carbons (Fsp3) is 0.333. The van der Waals surface area contributed by atoms with Crippen molar-refractivity contribution in [2.24, 2.45) is 0 Å². The first-order valence-electron chi connectivity index (χ1n) is 6.36. The Morgan fingerprint density at radius 1 is 1.20 bits per heavy atom. The fourth-order valence-corrected chi connectivity index (χ4v) is 3.08. The third kappa shape index (κ3) is 2.85. The zero-order valence-corrected chi connectivity index (χ0v) is 12.3. The van der Waals surface area contributed by atoms with Crippen molar-refractivity contribution in [3.05, 3.63) is 58.5 Å². The van der Waals surface area contributed by atoms with Gasteiger partial charge in [0.2, 0.25) is 0 Å². The van der Waals surface area contributed by atoms with Crippen LogP contribution in [0.15, 0.2) is 53.0 Å². The van der Waals surface area contributed by atoms with E-state index in [1.165, 1.54) is 6.08 Å². The van der Waals surface area contributed by atoms with E-state index < -0.39 is 21.6 Å². The molecule has 0 bridgehead atoms. The van der Waals surface area contributed by atoms with Crippen molar-refractivity contribution in [3.63, 3.8) is 0 Å². The first-order valence-corrected chi connectivity index (χ1v) is 7.80. The maximum atomic E-state index is 11.3. The second kappa shape index (κ2) is 5.16. The standard InChI is InChI=1S/C15H18O4S/c1-15(2,11-6-4-3-5-7-11)12-8-9-13(16)14(10-12)20(17,18)19/h3-8,10,13,16H,9H2,1-2H3,(H,17,18,19). The van der Waals surface area contributed by atoms with Crippen molar-refractivity contribution in [3.8, 4) is 0 Å². The zero-order valence-electron chi connectivity index (χ0n) is 11.4. The third-order valence-corrected chi connectivity index (χ3v) is 4.69. The molecule has 1 aliphatic rings. The minimum absolute atomic E-state index is 0.178. The number of aliphatic hydroxyl groups excluding tert-OH is 1. The van der Waals surface area contributed by atoms with E-state index in [0.717, 1.165) is 11.1 Å². The van der Waals surface area contributed by atoms with Gasteiger partial charge >= 0.3 is 0 Å². The molecule has 4 nitrogen and oxygen atoms in total. The minimum atomic E-state index is -4.38. The van der Waals surface area contributed by atoms with Crippen LogP contribution in [0.25, 0.3) is 0 Å². The van der Waals surface area contributed by atoms with Crippen LogP contribution in [0, 0.1) is 0 Å². The predicted molar refractivity (Wildman–Crippen MR) is 77.8 cm³/mol. The van der Waals surface area contributed by atoms with Crippen molar-refractivity contribution in [1.29, 1.82) is 0 Å². The predicted octanol–water partition coefficient (Wildman–Crippen LogP) is 2.43. The Morgan fingerprint density at radius 3 is 2.35 bits per heavy atom. The lowest BCUT2D eigenvalue weighted by molar-refractivity contribution is 0.217. The van der Waals surface area contributed by atoms with Crippen LogP contribution in [-0.4, -0.2) is 24.2 Å². The summed E-state index contributed by atoms with van der Waals surface area (Å²) in [6, 6.07) is 9.68. The molecule has 1 aromatic carbocycles. The lowest BCUT2D eigenvalue weighted by atomic mass is 9.76. The molecule has 0 amide bonds. The van der Waals surface area contributed by atoms with Crippen LogP contribution in [-0.2, 0) is 15.5 Å². The van der Waals surface area contributed by atoms with E-state index in [1.54, 1.807) is 0 Å². The van der Waals surface area contributed by atoms with Gasteiger partial charge in [0.15, 0.2) is 0 Å². The number of hydrogen-bond acceptors (Lipinski definition) is 3. The highest BCUT2D eigenvalue weighted by Gasteiger charge is 2.31. The van der Waals surface area contributed by atoms with Crippen molar-refractivity contribution in [1.82, 2.24) is 0 Å². The van der Waals surface area contributed by atoms with Gasteiger partial charge in [-0.1, -0.05) is 50.3 Å². The summed E-state index contributed by atoms with van der Waals surface area (Å²) < 4.78 is 31.8. The minimum Gasteiger partial charge on any atom is -0.387 e. The molecule has 2 N–H and O–H groups in total. The summed E-state index contributed by atoms with van der Waals surface area (Å²) in [5, 5.41) is 9.71. The molecule has 0 aliphatic heterocycles. The van der Waals surface area contributed by atoms with Gasteiger partial charge in [0.05, 0.1) is 6.10 Å². The lowest BCUT2D eigenvalue weighted by Gasteiger charge is -2.30. The molecular formula is C15H18O4S. The number of allylic oxidation sites excluding steroid dienone is 2. The van der Waals surface area contributed by atoms with Crippen LogP contribution in [0.3, 0.4) is 0 Å². The summed E-state index contributed by atoms with van der Waals surface area (Å²) in [7, 11) is -4.38. The first kappa shape index (κ1) is 15.0. The van der Waals surface area contributed by atoms with E-state index in [4.69, 9.17) is 0 Å². The molecule has 1 aromatic rings. The van der Waals surface area contributed by atoms with Gasteiger partial charge in [-0.3, -0.25) is 4.55 Å². The zero-order chi connectivity index (χ0) is 15.0. The van der Waals surface area contributed by atoms with E-state index in [2.05, 4.69) is 0 Å². The summed E-state index contributed by atoms with van der Waals surface area (Å²) in [5.41, 5.74) is 1.40. The Labute approximate surface area is 119 Å². The molecular weight excluding hydrogens is 276 g/mol. The maximum absolute atomic E-state index is 11.3. The highest BCUT2D eigenvalue weighted by atomic mass is 32.2. The molecule has 0 saturated carbocycles. The SMILES string of the molecule is CC(C)(C1=CCC(O)C(S(=O)(=O)O)=C1)c1ccccc1. The van der Waals surface area contributed by atoms with Crippen LogP contribution in [0.5, 0.6) is 0 Å². The fourth-order valence-electron chi connectivity index (χ4n) is 2.37. The molecule has 0 saturated heterocycles. The molecule has 108 valence electrons. The number of aliphatic hydroxyl groups is 1. The summed E-state index contributed by atoms with van der Waals surface area (Å²) in [5.74, 6) is 0. The Morgan fingerprint density at radius 2 is 1.80 bits per heavy atom. The monoisotopic (exact) mass is 294 g/mol. The van der Waals surface area contributed by atoms with E-state index >= 15 is 0 Å². The van der Waals surface area contributed by atoms with Crippen LogP contribution in [0.4, 0.5) is 0 Å². The van der Waals surface area contributed by atoms with E-state index in [1.807, 2.05) is 50.3 Å². The Balaban J connectivity index is 2.46. The molecule has 0 radical (unpaired) electrons. The second-order valence-corrected chi connectivity index (χ2v) is 6.85. The van der Waals surface area contributed by atoms with E-state index in [9.17, 15) is 18.1 Å². The molecule has 20 heavy (non-hydrogen) atoms. The van der Waals surface area contributed by atoms with Gasteiger partial charge in [0, 0.05) is 5.41 Å².